The van der Waals surface area contributed by atoms with Gasteiger partial charge in [-0.3, -0.25) is 0 Å². The Kier molecular flexibility index (Phi) is 4.39. The van der Waals surface area contributed by atoms with Gasteiger partial charge in [0, 0.05) is 0 Å². The lowest BCUT2D eigenvalue weighted by Crippen LogP contribution is -2.19. The Morgan fingerprint density at radius 1 is 1.29 bits per heavy atom. The van der Waals surface area contributed by atoms with Crippen molar-refractivity contribution >= 4 is 0 Å². The predicted octanol–water partition coefficient (Wildman–Crippen LogP) is 0.880. The molecule has 0 spiro atoms. The first-order valence-electron chi connectivity index (χ1n) is 4.35. The van der Waals surface area contributed by atoms with E-state index in [1.165, 1.54) is 7.11 Å². The van der Waals surface area contributed by atoms with Gasteiger partial charge in [0.05, 0.1) is 26.9 Å². The van der Waals surface area contributed by atoms with Crippen LogP contribution in [0.2, 0.25) is 0 Å². The fourth-order valence-electron chi connectivity index (χ4n) is 1.11. The molecule has 0 saturated heterocycles. The van der Waals surface area contributed by atoms with Gasteiger partial charge in [0.2, 0.25) is 0 Å². The van der Waals surface area contributed by atoms with Gasteiger partial charge in [0.15, 0.2) is 0 Å². The van der Waals surface area contributed by atoms with Crippen LogP contribution in [0.3, 0.4) is 0 Å². The van der Waals surface area contributed by atoms with Crippen LogP contribution in [0.1, 0.15) is 11.7 Å². The van der Waals surface area contributed by atoms with Crippen molar-refractivity contribution in [2.75, 3.05) is 20.8 Å². The summed E-state index contributed by atoms with van der Waals surface area (Å²) in [5.74, 6) is 0.778. The van der Waals surface area contributed by atoms with Crippen LogP contribution < -0.4 is 10.2 Å². The first-order chi connectivity index (χ1) is 6.77. The molecule has 0 heterocycles. The number of aliphatic hydroxyl groups is 1. The summed E-state index contributed by atoms with van der Waals surface area (Å²) < 4.78 is 5.01. The second-order valence-electron chi connectivity index (χ2n) is 2.84. The molecule has 0 fully saturated rings. The molecular weight excluding hydrogens is 182 g/mol. The van der Waals surface area contributed by atoms with Crippen LogP contribution in [0.5, 0.6) is 5.75 Å². The molecule has 1 aromatic carbocycles. The van der Waals surface area contributed by atoms with E-state index >= 15 is 0 Å². The monoisotopic (exact) mass is 197 g/mol. The van der Waals surface area contributed by atoms with Gasteiger partial charge in [-0.2, -0.15) is 5.48 Å². The maximum absolute atomic E-state index is 9.63. The quantitative estimate of drug-likeness (QED) is 0.688. The second-order valence-corrected chi connectivity index (χ2v) is 2.84. The lowest BCUT2D eigenvalue weighted by Gasteiger charge is -2.11. The molecule has 0 saturated carbocycles. The molecule has 1 unspecified atom stereocenters. The zero-order chi connectivity index (χ0) is 10.4. The average molecular weight is 197 g/mol. The van der Waals surface area contributed by atoms with E-state index in [2.05, 4.69) is 10.3 Å². The SMILES string of the molecule is CONCC(O)c1ccc(OC)cc1. The molecule has 0 aliphatic carbocycles. The summed E-state index contributed by atoms with van der Waals surface area (Å²) in [6.45, 7) is 0.364. The van der Waals surface area contributed by atoms with Crippen molar-refractivity contribution < 1.29 is 14.7 Å². The topological polar surface area (TPSA) is 50.7 Å². The van der Waals surface area contributed by atoms with E-state index in [9.17, 15) is 5.11 Å². The molecule has 1 atom stereocenters. The van der Waals surface area contributed by atoms with Crippen LogP contribution in [0, 0.1) is 0 Å². The van der Waals surface area contributed by atoms with Gasteiger partial charge in [-0.05, 0) is 17.7 Å². The zero-order valence-electron chi connectivity index (χ0n) is 8.36. The number of methoxy groups -OCH3 is 1. The van der Waals surface area contributed by atoms with Gasteiger partial charge < -0.3 is 14.7 Å². The average Bonchev–Trinajstić information content (AvgIpc) is 2.26. The highest BCUT2D eigenvalue weighted by Gasteiger charge is 2.06. The highest BCUT2D eigenvalue weighted by Crippen LogP contribution is 2.16. The summed E-state index contributed by atoms with van der Waals surface area (Å²) in [7, 11) is 3.12. The van der Waals surface area contributed by atoms with E-state index in [0.717, 1.165) is 11.3 Å². The van der Waals surface area contributed by atoms with E-state index in [-0.39, 0.29) is 0 Å². The van der Waals surface area contributed by atoms with Gasteiger partial charge in [-0.15, -0.1) is 0 Å². The first kappa shape index (κ1) is 11.0. The molecular formula is C10H15NO3. The number of benzene rings is 1. The van der Waals surface area contributed by atoms with E-state index < -0.39 is 6.10 Å². The van der Waals surface area contributed by atoms with Crippen LogP contribution in [-0.4, -0.2) is 25.9 Å². The van der Waals surface area contributed by atoms with Crippen molar-refractivity contribution in [3.05, 3.63) is 29.8 Å². The Bertz CT molecular complexity index is 261. The van der Waals surface area contributed by atoms with Crippen molar-refractivity contribution in [2.45, 2.75) is 6.10 Å². The van der Waals surface area contributed by atoms with Crippen LogP contribution in [-0.2, 0) is 4.84 Å². The summed E-state index contributed by atoms with van der Waals surface area (Å²) in [5.41, 5.74) is 3.42. The van der Waals surface area contributed by atoms with Gasteiger partial charge in [0.1, 0.15) is 5.75 Å². The van der Waals surface area contributed by atoms with Crippen molar-refractivity contribution in [3.63, 3.8) is 0 Å². The number of hydroxylamine groups is 1. The van der Waals surface area contributed by atoms with Crippen molar-refractivity contribution in [3.8, 4) is 5.75 Å². The molecule has 1 aromatic rings. The molecule has 0 aliphatic heterocycles. The Morgan fingerprint density at radius 2 is 1.93 bits per heavy atom. The summed E-state index contributed by atoms with van der Waals surface area (Å²) in [5, 5.41) is 9.63. The summed E-state index contributed by atoms with van der Waals surface area (Å²) in [6, 6.07) is 7.26. The molecule has 78 valence electrons. The van der Waals surface area contributed by atoms with Gasteiger partial charge in [-0.1, -0.05) is 12.1 Å². The molecule has 0 aliphatic rings. The summed E-state index contributed by atoms with van der Waals surface area (Å²) >= 11 is 0. The lowest BCUT2D eigenvalue weighted by molar-refractivity contribution is 0.0499. The number of rotatable bonds is 5. The molecule has 0 radical (unpaired) electrons. The molecule has 1 rings (SSSR count). The van der Waals surface area contributed by atoms with Crippen LogP contribution >= 0.6 is 0 Å². The summed E-state index contributed by atoms with van der Waals surface area (Å²) in [4.78, 5) is 4.64. The Labute approximate surface area is 83.4 Å². The number of aliphatic hydroxyl groups excluding tert-OH is 1. The minimum atomic E-state index is -0.569. The fourth-order valence-corrected chi connectivity index (χ4v) is 1.11. The van der Waals surface area contributed by atoms with Crippen molar-refractivity contribution in [2.24, 2.45) is 0 Å². The van der Waals surface area contributed by atoms with Gasteiger partial charge in [0.25, 0.3) is 0 Å². The lowest BCUT2D eigenvalue weighted by atomic mass is 10.1. The maximum Gasteiger partial charge on any atom is 0.118 e. The number of ether oxygens (including phenoxy) is 1. The Morgan fingerprint density at radius 3 is 2.43 bits per heavy atom. The van der Waals surface area contributed by atoms with Crippen LogP contribution in [0.4, 0.5) is 0 Å². The normalized spacial score (nSPS) is 12.5. The van der Waals surface area contributed by atoms with Gasteiger partial charge >= 0.3 is 0 Å². The fraction of sp³-hybridized carbons (Fsp3) is 0.400. The standard InChI is InChI=1S/C10H15NO3/c1-13-9-5-3-8(4-6-9)10(12)7-11-14-2/h3-6,10-12H,7H2,1-2H3. The number of hydrogen-bond donors (Lipinski definition) is 2. The third-order valence-electron chi connectivity index (χ3n) is 1.92. The molecule has 0 bridgehead atoms. The first-order valence-corrected chi connectivity index (χ1v) is 4.35. The van der Waals surface area contributed by atoms with Crippen LogP contribution in [0.25, 0.3) is 0 Å². The number of hydrogen-bond acceptors (Lipinski definition) is 4. The zero-order valence-corrected chi connectivity index (χ0v) is 8.36. The highest BCUT2D eigenvalue weighted by atomic mass is 16.6. The van der Waals surface area contributed by atoms with Crippen molar-refractivity contribution in [1.29, 1.82) is 0 Å². The van der Waals surface area contributed by atoms with Crippen molar-refractivity contribution in [1.82, 2.24) is 5.48 Å². The highest BCUT2D eigenvalue weighted by molar-refractivity contribution is 5.28. The Hall–Kier alpha value is -1.10. The van der Waals surface area contributed by atoms with E-state index in [4.69, 9.17) is 4.74 Å². The second kappa shape index (κ2) is 5.59. The minimum absolute atomic E-state index is 0.364. The van der Waals surface area contributed by atoms with E-state index in [0.29, 0.717) is 6.54 Å². The molecule has 14 heavy (non-hydrogen) atoms. The van der Waals surface area contributed by atoms with Gasteiger partial charge in [-0.25, -0.2) is 0 Å². The predicted molar refractivity (Wildman–Crippen MR) is 53.0 cm³/mol. The summed E-state index contributed by atoms with van der Waals surface area (Å²) in [6.07, 6.45) is -0.569. The molecule has 0 aromatic heterocycles. The third kappa shape index (κ3) is 2.99. The van der Waals surface area contributed by atoms with E-state index in [1.807, 2.05) is 24.3 Å². The van der Waals surface area contributed by atoms with Crippen LogP contribution in [0.15, 0.2) is 24.3 Å². The molecule has 2 N–H and O–H groups in total. The third-order valence-corrected chi connectivity index (χ3v) is 1.92. The maximum atomic E-state index is 9.63. The largest absolute Gasteiger partial charge is 0.497 e. The minimum Gasteiger partial charge on any atom is -0.497 e. The smallest absolute Gasteiger partial charge is 0.118 e. The Balaban J connectivity index is 2.57. The van der Waals surface area contributed by atoms with E-state index in [1.54, 1.807) is 7.11 Å². The molecule has 4 nitrogen and oxygen atoms in total. The molecule has 4 heteroatoms. The molecule has 0 amide bonds. The number of nitrogens with one attached hydrogen (secondary N) is 1.